The van der Waals surface area contributed by atoms with Gasteiger partial charge in [-0.25, -0.2) is 17.2 Å². The third-order valence-electron chi connectivity index (χ3n) is 5.94. The Morgan fingerprint density at radius 1 is 1.06 bits per heavy atom. The van der Waals surface area contributed by atoms with Crippen molar-refractivity contribution in [1.82, 2.24) is 10.2 Å². The first kappa shape index (κ1) is 29.2. The maximum absolute atomic E-state index is 13.7. The molecular formula is C26H35F2N3O4S. The molecule has 2 amide bonds. The number of sulfonamides is 1. The molecule has 0 heterocycles. The lowest BCUT2D eigenvalue weighted by molar-refractivity contribution is -0.140. The highest BCUT2D eigenvalue weighted by Gasteiger charge is 2.27. The Morgan fingerprint density at radius 2 is 1.75 bits per heavy atom. The number of unbranched alkanes of at least 4 members (excludes halogenated alkanes) is 1. The van der Waals surface area contributed by atoms with E-state index >= 15 is 0 Å². The van der Waals surface area contributed by atoms with Crippen molar-refractivity contribution in [2.75, 3.05) is 23.7 Å². The van der Waals surface area contributed by atoms with Crippen molar-refractivity contribution < 1.29 is 26.8 Å². The number of nitrogens with zero attached hydrogens (tertiary/aromatic N) is 2. The SMILES string of the molecule is CCCCNC(=O)[C@H](C)N(Cc1ccccc1C)C(=O)CCCN(c1ccc(F)c(F)c1)S(C)(=O)=O. The summed E-state index contributed by atoms with van der Waals surface area (Å²) >= 11 is 0. The molecule has 2 aromatic carbocycles. The van der Waals surface area contributed by atoms with Crippen LogP contribution in [0.15, 0.2) is 42.5 Å². The number of carbonyl (C=O) groups is 2. The fraction of sp³-hybridized carbons (Fsp3) is 0.462. The number of hydrogen-bond acceptors (Lipinski definition) is 4. The van der Waals surface area contributed by atoms with E-state index in [1.165, 1.54) is 11.0 Å². The smallest absolute Gasteiger partial charge is 0.242 e. The molecule has 2 rings (SSSR count). The van der Waals surface area contributed by atoms with E-state index in [2.05, 4.69) is 5.32 Å². The fourth-order valence-corrected chi connectivity index (χ4v) is 4.69. The summed E-state index contributed by atoms with van der Waals surface area (Å²) in [4.78, 5) is 27.5. The molecule has 0 aliphatic heterocycles. The number of carbonyl (C=O) groups excluding carboxylic acids is 2. The van der Waals surface area contributed by atoms with Crippen LogP contribution >= 0.6 is 0 Å². The Kier molecular flexibility index (Phi) is 10.8. The highest BCUT2D eigenvalue weighted by molar-refractivity contribution is 7.92. The van der Waals surface area contributed by atoms with Crippen LogP contribution in [0.2, 0.25) is 0 Å². The molecule has 198 valence electrons. The first-order valence-electron chi connectivity index (χ1n) is 12.0. The Hall–Kier alpha value is -3.01. The third-order valence-corrected chi connectivity index (χ3v) is 7.14. The van der Waals surface area contributed by atoms with Gasteiger partial charge in [0.05, 0.1) is 11.9 Å². The van der Waals surface area contributed by atoms with Crippen molar-refractivity contribution in [1.29, 1.82) is 0 Å². The van der Waals surface area contributed by atoms with Crippen LogP contribution in [0.3, 0.4) is 0 Å². The lowest BCUT2D eigenvalue weighted by Crippen LogP contribution is -2.48. The standard InChI is InChI=1S/C26H35F2N3O4S/c1-5-6-15-29-26(33)20(3)30(18-21-11-8-7-10-19(21)2)25(32)12-9-16-31(36(4,34)35)22-13-14-23(27)24(28)17-22/h7-8,10-11,13-14,17,20H,5-6,9,12,15-16,18H2,1-4H3,(H,29,33)/t20-/m0/s1. The molecule has 0 fully saturated rings. The van der Waals surface area contributed by atoms with Crippen molar-refractivity contribution in [3.63, 3.8) is 0 Å². The average Bonchev–Trinajstić information content (AvgIpc) is 2.82. The second kappa shape index (κ2) is 13.3. The van der Waals surface area contributed by atoms with Crippen molar-refractivity contribution in [3.8, 4) is 0 Å². The van der Waals surface area contributed by atoms with Crippen molar-refractivity contribution in [3.05, 3.63) is 65.2 Å². The van der Waals surface area contributed by atoms with Crippen molar-refractivity contribution in [2.24, 2.45) is 0 Å². The second-order valence-electron chi connectivity index (χ2n) is 8.81. The number of halogens is 2. The fourth-order valence-electron chi connectivity index (χ4n) is 3.73. The summed E-state index contributed by atoms with van der Waals surface area (Å²) in [7, 11) is -3.81. The van der Waals surface area contributed by atoms with Crippen molar-refractivity contribution >= 4 is 27.5 Å². The summed E-state index contributed by atoms with van der Waals surface area (Å²) in [5, 5.41) is 2.86. The van der Waals surface area contributed by atoms with Gasteiger partial charge in [-0.3, -0.25) is 13.9 Å². The molecule has 36 heavy (non-hydrogen) atoms. The molecule has 1 atom stereocenters. The molecule has 10 heteroatoms. The van der Waals surface area contributed by atoms with E-state index in [9.17, 15) is 26.8 Å². The topological polar surface area (TPSA) is 86.8 Å². The van der Waals surface area contributed by atoms with Gasteiger partial charge in [0.1, 0.15) is 6.04 Å². The van der Waals surface area contributed by atoms with Gasteiger partial charge in [-0.1, -0.05) is 37.6 Å². The number of hydrogen-bond donors (Lipinski definition) is 1. The number of aryl methyl sites for hydroxylation is 1. The second-order valence-corrected chi connectivity index (χ2v) is 10.7. The summed E-state index contributed by atoms with van der Waals surface area (Å²) in [5.74, 6) is -2.81. The number of anilines is 1. The van der Waals surface area contributed by atoms with Crippen LogP contribution in [-0.2, 0) is 26.2 Å². The predicted octanol–water partition coefficient (Wildman–Crippen LogP) is 4.15. The summed E-state index contributed by atoms with van der Waals surface area (Å²) in [6.07, 6.45) is 2.81. The molecule has 0 aliphatic carbocycles. The van der Waals surface area contributed by atoms with E-state index in [0.717, 1.165) is 46.7 Å². The average molecular weight is 524 g/mol. The van der Waals surface area contributed by atoms with E-state index in [1.807, 2.05) is 38.1 Å². The minimum atomic E-state index is -3.81. The zero-order valence-corrected chi connectivity index (χ0v) is 22.1. The van der Waals surface area contributed by atoms with Gasteiger partial charge in [-0.05, 0) is 49.9 Å². The zero-order chi connectivity index (χ0) is 26.9. The Morgan fingerprint density at radius 3 is 2.36 bits per heavy atom. The van der Waals surface area contributed by atoms with Gasteiger partial charge >= 0.3 is 0 Å². The molecule has 0 radical (unpaired) electrons. The Labute approximate surface area is 212 Å². The number of amides is 2. The zero-order valence-electron chi connectivity index (χ0n) is 21.3. The monoisotopic (exact) mass is 523 g/mol. The molecule has 0 bridgehead atoms. The van der Waals surface area contributed by atoms with E-state index in [-0.39, 0.29) is 43.4 Å². The quantitative estimate of drug-likeness (QED) is 0.400. The molecule has 1 N–H and O–H groups in total. The highest BCUT2D eigenvalue weighted by atomic mass is 32.2. The predicted molar refractivity (Wildman–Crippen MR) is 137 cm³/mol. The lowest BCUT2D eigenvalue weighted by Gasteiger charge is -2.30. The van der Waals surface area contributed by atoms with Crippen LogP contribution in [0.25, 0.3) is 0 Å². The largest absolute Gasteiger partial charge is 0.354 e. The Bertz CT molecular complexity index is 1160. The van der Waals surface area contributed by atoms with Gasteiger partial charge < -0.3 is 10.2 Å². The minimum absolute atomic E-state index is 0.0238. The van der Waals surface area contributed by atoms with E-state index in [1.54, 1.807) is 6.92 Å². The van der Waals surface area contributed by atoms with Crippen LogP contribution < -0.4 is 9.62 Å². The lowest BCUT2D eigenvalue weighted by atomic mass is 10.1. The van der Waals surface area contributed by atoms with Gasteiger partial charge in [0.2, 0.25) is 21.8 Å². The van der Waals surface area contributed by atoms with Gasteiger partial charge in [0.25, 0.3) is 0 Å². The number of benzene rings is 2. The van der Waals surface area contributed by atoms with E-state index in [4.69, 9.17) is 0 Å². The van der Waals surface area contributed by atoms with E-state index in [0.29, 0.717) is 6.54 Å². The molecule has 2 aromatic rings. The summed E-state index contributed by atoms with van der Waals surface area (Å²) in [5.41, 5.74) is 1.86. The Balaban J connectivity index is 2.17. The molecule has 7 nitrogen and oxygen atoms in total. The van der Waals surface area contributed by atoms with Gasteiger partial charge in [-0.15, -0.1) is 0 Å². The van der Waals surface area contributed by atoms with Crippen LogP contribution in [0, 0.1) is 18.6 Å². The van der Waals surface area contributed by atoms with Gasteiger partial charge in [0.15, 0.2) is 11.6 Å². The molecule has 0 unspecified atom stereocenters. The maximum atomic E-state index is 13.7. The van der Waals surface area contributed by atoms with Crippen LogP contribution in [0.4, 0.5) is 14.5 Å². The van der Waals surface area contributed by atoms with Crippen LogP contribution in [-0.4, -0.2) is 50.5 Å². The normalized spacial score (nSPS) is 12.2. The summed E-state index contributed by atoms with van der Waals surface area (Å²) in [6.45, 7) is 6.25. The van der Waals surface area contributed by atoms with Crippen molar-refractivity contribution in [2.45, 2.75) is 59.0 Å². The highest BCUT2D eigenvalue weighted by Crippen LogP contribution is 2.22. The van der Waals surface area contributed by atoms with Crippen LogP contribution in [0.5, 0.6) is 0 Å². The molecule has 0 aliphatic rings. The number of rotatable bonds is 13. The minimum Gasteiger partial charge on any atom is -0.354 e. The summed E-state index contributed by atoms with van der Waals surface area (Å²) < 4.78 is 52.6. The maximum Gasteiger partial charge on any atom is 0.242 e. The van der Waals surface area contributed by atoms with Crippen LogP contribution in [0.1, 0.15) is 50.7 Å². The molecule has 0 saturated carbocycles. The molecular weight excluding hydrogens is 488 g/mol. The first-order chi connectivity index (χ1) is 17.0. The van der Waals surface area contributed by atoms with Gasteiger partial charge in [-0.2, -0.15) is 0 Å². The first-order valence-corrected chi connectivity index (χ1v) is 13.8. The third kappa shape index (κ3) is 8.29. The van der Waals surface area contributed by atoms with Gasteiger partial charge in [0, 0.05) is 32.1 Å². The molecule has 0 aromatic heterocycles. The molecule has 0 spiro atoms. The number of nitrogens with one attached hydrogen (secondary N) is 1. The summed E-state index contributed by atoms with van der Waals surface area (Å²) in [6, 6.07) is 9.69. The van der Waals surface area contributed by atoms with E-state index < -0.39 is 27.7 Å². The molecule has 0 saturated heterocycles.